The van der Waals surface area contributed by atoms with Crippen LogP contribution >= 0.6 is 0 Å². The Bertz CT molecular complexity index is 362. The van der Waals surface area contributed by atoms with E-state index in [0.717, 1.165) is 19.3 Å². The number of hydrogen-bond acceptors (Lipinski definition) is 3. The Morgan fingerprint density at radius 2 is 2.00 bits per heavy atom. The van der Waals surface area contributed by atoms with Crippen LogP contribution in [0.15, 0.2) is 0 Å². The first-order valence-corrected chi connectivity index (χ1v) is 7.86. The number of nitrogens with one attached hydrogen (secondary N) is 1. The zero-order valence-corrected chi connectivity index (χ0v) is 13.6. The summed E-state index contributed by atoms with van der Waals surface area (Å²) in [7, 11) is 0. The molecule has 1 fully saturated rings. The summed E-state index contributed by atoms with van der Waals surface area (Å²) in [5, 5.41) is 11.8. The molecule has 0 saturated heterocycles. The summed E-state index contributed by atoms with van der Waals surface area (Å²) in [6.07, 6.45) is 4.10. The summed E-state index contributed by atoms with van der Waals surface area (Å²) in [4.78, 5) is 22.8. The molecule has 0 radical (unpaired) electrons. The van der Waals surface area contributed by atoms with Gasteiger partial charge in [0.1, 0.15) is 5.60 Å². The second-order valence-corrected chi connectivity index (χ2v) is 7.27. The fourth-order valence-electron chi connectivity index (χ4n) is 3.07. The van der Waals surface area contributed by atoms with Gasteiger partial charge in [0.2, 0.25) is 0 Å². The lowest BCUT2D eigenvalue weighted by molar-refractivity contribution is -0.138. The summed E-state index contributed by atoms with van der Waals surface area (Å²) in [6.45, 7) is 8.02. The van der Waals surface area contributed by atoms with Crippen LogP contribution < -0.4 is 5.32 Å². The predicted molar refractivity (Wildman–Crippen MR) is 81.1 cm³/mol. The Morgan fingerprint density at radius 3 is 2.52 bits per heavy atom. The Labute approximate surface area is 127 Å². The van der Waals surface area contributed by atoms with Gasteiger partial charge in [-0.3, -0.25) is 4.79 Å². The third-order valence-corrected chi connectivity index (χ3v) is 3.99. The van der Waals surface area contributed by atoms with Crippen molar-refractivity contribution in [1.82, 2.24) is 5.32 Å². The largest absolute Gasteiger partial charge is 0.481 e. The molecule has 1 amide bonds. The van der Waals surface area contributed by atoms with E-state index in [1.807, 2.05) is 20.8 Å². The minimum absolute atomic E-state index is 0.0160. The van der Waals surface area contributed by atoms with Gasteiger partial charge in [-0.2, -0.15) is 0 Å². The second-order valence-electron chi connectivity index (χ2n) is 7.27. The normalized spacial score (nSPS) is 24.2. The van der Waals surface area contributed by atoms with Crippen molar-refractivity contribution in [2.24, 2.45) is 17.8 Å². The highest BCUT2D eigenvalue weighted by Crippen LogP contribution is 2.34. The lowest BCUT2D eigenvalue weighted by Gasteiger charge is -2.33. The van der Waals surface area contributed by atoms with E-state index in [4.69, 9.17) is 9.84 Å². The Balaban J connectivity index is 2.53. The van der Waals surface area contributed by atoms with Crippen molar-refractivity contribution < 1.29 is 19.4 Å². The van der Waals surface area contributed by atoms with Crippen LogP contribution in [-0.4, -0.2) is 29.3 Å². The number of hydrogen-bond donors (Lipinski definition) is 2. The fraction of sp³-hybridized carbons (Fsp3) is 0.875. The van der Waals surface area contributed by atoms with E-state index in [0.29, 0.717) is 18.4 Å². The van der Waals surface area contributed by atoms with Crippen LogP contribution in [0.1, 0.15) is 59.8 Å². The molecule has 1 aliphatic carbocycles. The van der Waals surface area contributed by atoms with Gasteiger partial charge >= 0.3 is 12.1 Å². The fourth-order valence-corrected chi connectivity index (χ4v) is 3.07. The van der Waals surface area contributed by atoms with Crippen LogP contribution in [0.25, 0.3) is 0 Å². The van der Waals surface area contributed by atoms with Crippen molar-refractivity contribution in [1.29, 1.82) is 0 Å². The van der Waals surface area contributed by atoms with Gasteiger partial charge in [0, 0.05) is 6.54 Å². The minimum Gasteiger partial charge on any atom is -0.481 e. The summed E-state index contributed by atoms with van der Waals surface area (Å²) in [5.74, 6) is 0.198. The first kappa shape index (κ1) is 17.8. The van der Waals surface area contributed by atoms with Crippen LogP contribution in [0, 0.1) is 17.8 Å². The highest BCUT2D eigenvalue weighted by atomic mass is 16.6. The van der Waals surface area contributed by atoms with Crippen LogP contribution in [0.3, 0.4) is 0 Å². The third-order valence-electron chi connectivity index (χ3n) is 3.99. The molecule has 0 aromatic carbocycles. The van der Waals surface area contributed by atoms with Crippen molar-refractivity contribution in [3.05, 3.63) is 0 Å². The number of ether oxygens (including phenoxy) is 1. The lowest BCUT2D eigenvalue weighted by Crippen LogP contribution is -2.38. The van der Waals surface area contributed by atoms with Crippen LogP contribution in [0.2, 0.25) is 0 Å². The molecule has 3 atom stereocenters. The van der Waals surface area contributed by atoms with Crippen LogP contribution in [0.4, 0.5) is 4.79 Å². The molecule has 0 bridgehead atoms. The molecule has 0 aromatic rings. The Kier molecular flexibility index (Phi) is 6.49. The Morgan fingerprint density at radius 1 is 1.33 bits per heavy atom. The molecule has 0 aromatic heterocycles. The van der Waals surface area contributed by atoms with E-state index >= 15 is 0 Å². The van der Waals surface area contributed by atoms with Crippen molar-refractivity contribution in [3.63, 3.8) is 0 Å². The summed E-state index contributed by atoms with van der Waals surface area (Å²) in [6, 6.07) is 0. The van der Waals surface area contributed by atoms with Gasteiger partial charge in [-0.1, -0.05) is 26.2 Å². The molecule has 122 valence electrons. The lowest BCUT2D eigenvalue weighted by atomic mass is 9.74. The van der Waals surface area contributed by atoms with Gasteiger partial charge in [0.05, 0.1) is 6.42 Å². The standard InChI is InChI=1S/C16H29NO4/c1-11-6-5-7-12(8-11)13(9-14(18)19)10-17-15(20)21-16(2,3)4/h11-13H,5-10H2,1-4H3,(H,17,20)(H,18,19). The first-order valence-electron chi connectivity index (χ1n) is 7.86. The molecule has 0 heterocycles. The maximum Gasteiger partial charge on any atom is 0.407 e. The van der Waals surface area contributed by atoms with Gasteiger partial charge in [0.25, 0.3) is 0 Å². The van der Waals surface area contributed by atoms with Crippen molar-refractivity contribution in [2.45, 2.75) is 65.4 Å². The molecule has 5 nitrogen and oxygen atoms in total. The minimum atomic E-state index is -0.802. The van der Waals surface area contributed by atoms with Gasteiger partial charge in [0.15, 0.2) is 0 Å². The SMILES string of the molecule is CC1CCCC(C(CNC(=O)OC(C)(C)C)CC(=O)O)C1. The maximum atomic E-state index is 11.7. The summed E-state index contributed by atoms with van der Waals surface area (Å²) >= 11 is 0. The summed E-state index contributed by atoms with van der Waals surface area (Å²) in [5.41, 5.74) is -0.536. The molecule has 1 aliphatic rings. The van der Waals surface area contributed by atoms with E-state index in [2.05, 4.69) is 12.2 Å². The molecule has 2 N–H and O–H groups in total. The van der Waals surface area contributed by atoms with Gasteiger partial charge in [-0.25, -0.2) is 4.79 Å². The van der Waals surface area contributed by atoms with Gasteiger partial charge in [-0.15, -0.1) is 0 Å². The molecular weight excluding hydrogens is 270 g/mol. The average Bonchev–Trinajstić information content (AvgIpc) is 2.31. The van der Waals surface area contributed by atoms with Crippen molar-refractivity contribution >= 4 is 12.1 Å². The zero-order valence-electron chi connectivity index (χ0n) is 13.6. The van der Waals surface area contributed by atoms with E-state index in [9.17, 15) is 9.59 Å². The van der Waals surface area contributed by atoms with E-state index in [1.54, 1.807) is 0 Å². The number of rotatable bonds is 5. The molecule has 1 saturated carbocycles. The molecule has 0 aliphatic heterocycles. The highest BCUT2D eigenvalue weighted by molar-refractivity contribution is 5.69. The molecule has 3 unspecified atom stereocenters. The smallest absolute Gasteiger partial charge is 0.407 e. The number of carbonyl (C=O) groups excluding carboxylic acids is 1. The molecule has 21 heavy (non-hydrogen) atoms. The molecule has 5 heteroatoms. The van der Waals surface area contributed by atoms with Crippen molar-refractivity contribution in [2.75, 3.05) is 6.54 Å². The number of carboxylic acid groups (broad SMARTS) is 1. The van der Waals surface area contributed by atoms with Crippen LogP contribution in [0.5, 0.6) is 0 Å². The number of alkyl carbamates (subject to hydrolysis) is 1. The predicted octanol–water partition coefficient (Wildman–Crippen LogP) is 3.43. The Hall–Kier alpha value is -1.26. The number of amides is 1. The maximum absolute atomic E-state index is 11.7. The number of carbonyl (C=O) groups is 2. The highest BCUT2D eigenvalue weighted by Gasteiger charge is 2.29. The summed E-state index contributed by atoms with van der Waals surface area (Å²) < 4.78 is 5.20. The first-order chi connectivity index (χ1) is 9.67. The van der Waals surface area contributed by atoms with Gasteiger partial charge in [-0.05, 0) is 44.9 Å². The third kappa shape index (κ3) is 7.34. The van der Waals surface area contributed by atoms with Crippen molar-refractivity contribution in [3.8, 4) is 0 Å². The molecule has 0 spiro atoms. The monoisotopic (exact) mass is 299 g/mol. The topological polar surface area (TPSA) is 75.6 Å². The number of aliphatic carboxylic acids is 1. The average molecular weight is 299 g/mol. The zero-order chi connectivity index (χ0) is 16.0. The molecule has 1 rings (SSSR count). The second kappa shape index (κ2) is 7.66. The van der Waals surface area contributed by atoms with E-state index < -0.39 is 17.7 Å². The van der Waals surface area contributed by atoms with Gasteiger partial charge < -0.3 is 15.2 Å². The van der Waals surface area contributed by atoms with E-state index in [-0.39, 0.29) is 12.3 Å². The number of carboxylic acids is 1. The van der Waals surface area contributed by atoms with E-state index in [1.165, 1.54) is 6.42 Å². The quantitative estimate of drug-likeness (QED) is 0.815. The molecular formula is C16H29NO4. The van der Waals surface area contributed by atoms with Crippen LogP contribution in [-0.2, 0) is 9.53 Å².